The Kier molecular flexibility index (Phi) is 7.42. The van der Waals surface area contributed by atoms with E-state index >= 15 is 0 Å². The Bertz CT molecular complexity index is 708. The Morgan fingerprint density at radius 1 is 1.16 bits per heavy atom. The Labute approximate surface area is 136 Å². The summed E-state index contributed by atoms with van der Waals surface area (Å²) in [6.45, 7) is 1.64. The number of nitrogens with one attached hydrogen (secondary N) is 3. The van der Waals surface area contributed by atoms with Gasteiger partial charge in [-0.15, -0.1) is 0 Å². The van der Waals surface area contributed by atoms with Gasteiger partial charge >= 0.3 is 0 Å². The summed E-state index contributed by atoms with van der Waals surface area (Å²) in [5.74, 6) is -0.206. The normalized spacial score (nSPS) is 8.89. The Balaban J connectivity index is 0.000000324. The summed E-state index contributed by atoms with van der Waals surface area (Å²) < 4.78 is 0.206. The number of aromatic nitrogens is 4. The molecule has 0 amide bonds. The molecule has 0 aliphatic carbocycles. The molecule has 5 N–H and O–H groups in total. The van der Waals surface area contributed by atoms with Gasteiger partial charge in [-0.05, 0) is 19.1 Å². The molecular formula is C9H10N4O4SY. The summed E-state index contributed by atoms with van der Waals surface area (Å²) in [5, 5.41) is 17.3. The number of hydrogen-bond donors (Lipinski definition) is 5. The first-order chi connectivity index (χ1) is 8.40. The van der Waals surface area contributed by atoms with Crippen LogP contribution in [0.15, 0.2) is 22.0 Å². The summed E-state index contributed by atoms with van der Waals surface area (Å²) in [5.41, 5.74) is -1.07. The van der Waals surface area contributed by atoms with Crippen molar-refractivity contribution in [2.75, 3.05) is 0 Å². The number of aryl methyl sites for hydroxylation is 1. The summed E-state index contributed by atoms with van der Waals surface area (Å²) >= 11 is 4.54. The zero-order chi connectivity index (χ0) is 13.7. The van der Waals surface area contributed by atoms with Crippen LogP contribution < -0.4 is 11.1 Å². The van der Waals surface area contributed by atoms with Gasteiger partial charge in [0.1, 0.15) is 5.82 Å². The largest absolute Gasteiger partial charge is 0.502 e. The number of H-pyrrole nitrogens is 3. The molecular weight excluding hydrogens is 349 g/mol. The Morgan fingerprint density at radius 2 is 1.74 bits per heavy atom. The molecule has 10 heteroatoms. The molecule has 0 saturated heterocycles. The quantitative estimate of drug-likeness (QED) is 0.418. The monoisotopic (exact) mass is 359 g/mol. The average molecular weight is 359 g/mol. The van der Waals surface area contributed by atoms with Gasteiger partial charge in [0.15, 0.2) is 16.3 Å². The van der Waals surface area contributed by atoms with Crippen LogP contribution in [-0.4, -0.2) is 30.1 Å². The van der Waals surface area contributed by atoms with Gasteiger partial charge in [0.25, 0.3) is 11.1 Å². The molecule has 1 radical (unpaired) electrons. The van der Waals surface area contributed by atoms with Gasteiger partial charge in [-0.1, -0.05) is 0 Å². The second-order valence-corrected chi connectivity index (χ2v) is 3.55. The van der Waals surface area contributed by atoms with Crippen molar-refractivity contribution >= 4 is 12.2 Å². The second kappa shape index (κ2) is 7.98. The maximum atomic E-state index is 10.5. The Morgan fingerprint density at radius 3 is 2.16 bits per heavy atom. The van der Waals surface area contributed by atoms with Gasteiger partial charge < -0.3 is 20.2 Å². The molecule has 8 nitrogen and oxygen atoms in total. The minimum Gasteiger partial charge on any atom is -0.502 e. The molecule has 0 spiro atoms. The fourth-order valence-corrected chi connectivity index (χ4v) is 1.03. The van der Waals surface area contributed by atoms with Crippen molar-refractivity contribution in [3.05, 3.63) is 43.7 Å². The third-order valence-electron chi connectivity index (χ3n) is 1.71. The SMILES string of the molecule is Cc1ncc(O)c(=O)[nH]1.O=c1[nH]c(=S)[nH]cc1O.[Y]. The molecule has 0 fully saturated rings. The molecule has 19 heavy (non-hydrogen) atoms. The van der Waals surface area contributed by atoms with Gasteiger partial charge in [0.05, 0.1) is 12.4 Å². The zero-order valence-corrected chi connectivity index (χ0v) is 13.5. The number of rotatable bonds is 0. The van der Waals surface area contributed by atoms with Gasteiger partial charge in [0, 0.05) is 32.7 Å². The van der Waals surface area contributed by atoms with E-state index in [4.69, 9.17) is 10.2 Å². The van der Waals surface area contributed by atoms with Crippen molar-refractivity contribution in [3.63, 3.8) is 0 Å². The fraction of sp³-hybridized carbons (Fsp3) is 0.111. The van der Waals surface area contributed by atoms with Crippen molar-refractivity contribution in [2.24, 2.45) is 0 Å². The van der Waals surface area contributed by atoms with Crippen molar-refractivity contribution in [2.45, 2.75) is 6.92 Å². The Hall–Kier alpha value is -1.32. The molecule has 0 aliphatic heterocycles. The van der Waals surface area contributed by atoms with E-state index in [0.29, 0.717) is 5.82 Å². The second-order valence-electron chi connectivity index (χ2n) is 3.14. The summed E-state index contributed by atoms with van der Waals surface area (Å²) in [4.78, 5) is 31.5. The van der Waals surface area contributed by atoms with Crippen LogP contribution >= 0.6 is 12.2 Å². The van der Waals surface area contributed by atoms with Crippen molar-refractivity contribution in [3.8, 4) is 11.5 Å². The van der Waals surface area contributed by atoms with Crippen LogP contribution in [0.4, 0.5) is 0 Å². The summed E-state index contributed by atoms with van der Waals surface area (Å²) in [6.07, 6.45) is 2.26. The number of hydrogen-bond acceptors (Lipinski definition) is 6. The van der Waals surface area contributed by atoms with Crippen LogP contribution in [0.1, 0.15) is 5.82 Å². The molecule has 0 aromatic carbocycles. The molecule has 0 atom stereocenters. The molecule has 2 heterocycles. The van der Waals surface area contributed by atoms with Gasteiger partial charge in [-0.2, -0.15) is 0 Å². The molecule has 0 unspecified atom stereocenters. The first kappa shape index (κ1) is 17.7. The van der Waals surface area contributed by atoms with Crippen molar-refractivity contribution in [1.82, 2.24) is 19.9 Å². The van der Waals surface area contributed by atoms with E-state index in [9.17, 15) is 9.59 Å². The van der Waals surface area contributed by atoms with E-state index in [0.717, 1.165) is 12.4 Å². The fourth-order valence-electron chi connectivity index (χ4n) is 0.880. The van der Waals surface area contributed by atoms with Crippen LogP contribution in [0.5, 0.6) is 11.5 Å². The molecule has 0 saturated carbocycles. The molecule has 2 aromatic heterocycles. The van der Waals surface area contributed by atoms with E-state index in [2.05, 4.69) is 32.2 Å². The van der Waals surface area contributed by atoms with Crippen LogP contribution in [0.25, 0.3) is 0 Å². The van der Waals surface area contributed by atoms with E-state index in [1.54, 1.807) is 6.92 Å². The number of aromatic hydroxyl groups is 2. The number of aromatic amines is 3. The maximum absolute atomic E-state index is 10.5. The van der Waals surface area contributed by atoms with Crippen LogP contribution in [0.2, 0.25) is 0 Å². The minimum atomic E-state index is -0.571. The topological polar surface area (TPSA) is 135 Å². The van der Waals surface area contributed by atoms with Gasteiger partial charge in [0.2, 0.25) is 0 Å². The predicted octanol–water partition coefficient (Wildman–Crippen LogP) is -0.0805. The van der Waals surface area contributed by atoms with Crippen molar-refractivity contribution in [1.29, 1.82) is 0 Å². The molecule has 2 rings (SSSR count). The van der Waals surface area contributed by atoms with Gasteiger partial charge in [-0.3, -0.25) is 14.6 Å². The first-order valence-electron chi connectivity index (χ1n) is 4.66. The predicted molar refractivity (Wildman–Crippen MR) is 65.2 cm³/mol. The number of nitrogens with zero attached hydrogens (tertiary/aromatic N) is 1. The van der Waals surface area contributed by atoms with E-state index in [1.807, 2.05) is 0 Å². The standard InChI is InChI=1S/C5H6N2O2.C4H4N2O2S.Y/c1-3-6-2-4(8)5(9)7-3;7-2-1-5-4(9)6-3(2)8;/h2,8H,1H3,(H,6,7,9);1,7H,(H2,5,6,8,9);. The molecule has 0 aliphatic rings. The third-order valence-corrected chi connectivity index (χ3v) is 1.93. The maximum Gasteiger partial charge on any atom is 0.293 e. The third kappa shape index (κ3) is 5.90. The van der Waals surface area contributed by atoms with Crippen LogP contribution in [0.3, 0.4) is 0 Å². The zero-order valence-electron chi connectivity index (χ0n) is 9.80. The van der Waals surface area contributed by atoms with Crippen LogP contribution in [-0.2, 0) is 32.7 Å². The molecule has 2 aromatic rings. The average Bonchev–Trinajstić information content (AvgIpc) is 2.30. The smallest absolute Gasteiger partial charge is 0.293 e. The molecule has 99 valence electrons. The van der Waals surface area contributed by atoms with E-state index < -0.39 is 11.1 Å². The van der Waals surface area contributed by atoms with Crippen LogP contribution in [0, 0.1) is 11.7 Å². The molecule has 0 bridgehead atoms. The van der Waals surface area contributed by atoms with E-state index in [1.165, 1.54) is 0 Å². The first-order valence-corrected chi connectivity index (χ1v) is 5.07. The minimum absolute atomic E-state index is 0. The van der Waals surface area contributed by atoms with Crippen molar-refractivity contribution < 1.29 is 42.9 Å². The van der Waals surface area contributed by atoms with E-state index in [-0.39, 0.29) is 49.0 Å². The van der Waals surface area contributed by atoms with Gasteiger partial charge in [-0.25, -0.2) is 4.98 Å². The summed E-state index contributed by atoms with van der Waals surface area (Å²) in [7, 11) is 0. The summed E-state index contributed by atoms with van der Waals surface area (Å²) in [6, 6.07) is 0.